The Labute approximate surface area is 140 Å². The fourth-order valence-electron chi connectivity index (χ4n) is 2.78. The van der Waals surface area contributed by atoms with Gasteiger partial charge in [0.25, 0.3) is 0 Å². The molecule has 1 aromatic carbocycles. The van der Waals surface area contributed by atoms with Crippen molar-refractivity contribution in [2.75, 3.05) is 13.1 Å². The Morgan fingerprint density at radius 2 is 1.87 bits per heavy atom. The number of benzene rings is 1. The molecule has 0 aromatic heterocycles. The van der Waals surface area contributed by atoms with Gasteiger partial charge in [0.1, 0.15) is 5.60 Å². The molecule has 1 unspecified atom stereocenters. The summed E-state index contributed by atoms with van der Waals surface area (Å²) in [5, 5.41) is 3.66. The van der Waals surface area contributed by atoms with E-state index in [9.17, 15) is 4.79 Å². The minimum atomic E-state index is -0.428. The van der Waals surface area contributed by atoms with Crippen molar-refractivity contribution in [2.24, 2.45) is 0 Å². The SMILES string of the molecule is CCc1ccc(C(CC)NC2CN(C(=O)OC(C)(C)C)C2)cc1. The summed E-state index contributed by atoms with van der Waals surface area (Å²) in [4.78, 5) is 13.7. The van der Waals surface area contributed by atoms with E-state index in [1.807, 2.05) is 20.8 Å². The van der Waals surface area contributed by atoms with Crippen molar-refractivity contribution in [1.29, 1.82) is 0 Å². The van der Waals surface area contributed by atoms with E-state index >= 15 is 0 Å². The van der Waals surface area contributed by atoms with Gasteiger partial charge in [-0.1, -0.05) is 38.1 Å². The van der Waals surface area contributed by atoms with E-state index in [1.54, 1.807) is 4.90 Å². The number of likely N-dealkylation sites (tertiary alicyclic amines) is 1. The van der Waals surface area contributed by atoms with Crippen molar-refractivity contribution in [3.8, 4) is 0 Å². The quantitative estimate of drug-likeness (QED) is 0.895. The van der Waals surface area contributed by atoms with Crippen molar-refractivity contribution < 1.29 is 9.53 Å². The Bertz CT molecular complexity index is 513. The summed E-state index contributed by atoms with van der Waals surface area (Å²) in [6, 6.07) is 9.51. The molecule has 1 aliphatic rings. The lowest BCUT2D eigenvalue weighted by Gasteiger charge is -2.41. The maximum absolute atomic E-state index is 12.0. The van der Waals surface area contributed by atoms with E-state index < -0.39 is 5.60 Å². The molecule has 1 saturated heterocycles. The van der Waals surface area contributed by atoms with E-state index in [-0.39, 0.29) is 6.09 Å². The molecule has 0 spiro atoms. The van der Waals surface area contributed by atoms with Crippen LogP contribution in [0.3, 0.4) is 0 Å². The van der Waals surface area contributed by atoms with E-state index in [0.717, 1.165) is 25.9 Å². The lowest BCUT2D eigenvalue weighted by molar-refractivity contribution is 0.00408. The molecular formula is C19H30N2O2. The molecule has 1 aromatic rings. The first kappa shape index (κ1) is 17.8. The monoisotopic (exact) mass is 318 g/mol. The van der Waals surface area contributed by atoms with Gasteiger partial charge in [-0.2, -0.15) is 0 Å². The van der Waals surface area contributed by atoms with Gasteiger partial charge in [-0.3, -0.25) is 0 Å². The number of nitrogens with one attached hydrogen (secondary N) is 1. The summed E-state index contributed by atoms with van der Waals surface area (Å²) in [7, 11) is 0. The van der Waals surface area contributed by atoms with Crippen LogP contribution >= 0.6 is 0 Å². The molecule has 128 valence electrons. The van der Waals surface area contributed by atoms with Crippen molar-refractivity contribution in [3.05, 3.63) is 35.4 Å². The van der Waals surface area contributed by atoms with Crippen molar-refractivity contribution in [2.45, 2.75) is 65.1 Å². The predicted molar refractivity (Wildman–Crippen MR) is 93.6 cm³/mol. The average Bonchev–Trinajstić information content (AvgIpc) is 2.44. The predicted octanol–water partition coefficient (Wildman–Crippen LogP) is 3.91. The summed E-state index contributed by atoms with van der Waals surface area (Å²) in [6.45, 7) is 11.5. The van der Waals surface area contributed by atoms with Crippen LogP contribution in [0.4, 0.5) is 4.79 Å². The lowest BCUT2D eigenvalue weighted by Crippen LogP contribution is -2.61. The van der Waals surface area contributed by atoms with Crippen LogP contribution in [0.15, 0.2) is 24.3 Å². The van der Waals surface area contributed by atoms with Gasteiger partial charge >= 0.3 is 6.09 Å². The molecule has 0 bridgehead atoms. The number of hydrogen-bond acceptors (Lipinski definition) is 3. The molecule has 0 saturated carbocycles. The highest BCUT2D eigenvalue weighted by Gasteiger charge is 2.34. The Kier molecular flexibility index (Phi) is 5.69. The molecule has 23 heavy (non-hydrogen) atoms. The Morgan fingerprint density at radius 1 is 1.26 bits per heavy atom. The largest absolute Gasteiger partial charge is 0.444 e. The maximum Gasteiger partial charge on any atom is 0.410 e. The fourth-order valence-corrected chi connectivity index (χ4v) is 2.78. The minimum absolute atomic E-state index is 0.212. The van der Waals surface area contributed by atoms with Crippen LogP contribution in [0, 0.1) is 0 Å². The number of carbonyl (C=O) groups excluding carboxylic acids is 1. The second-order valence-electron chi connectivity index (χ2n) is 7.30. The van der Waals surface area contributed by atoms with Crippen molar-refractivity contribution >= 4 is 6.09 Å². The van der Waals surface area contributed by atoms with E-state index in [2.05, 4.69) is 43.4 Å². The van der Waals surface area contributed by atoms with Crippen molar-refractivity contribution in [3.63, 3.8) is 0 Å². The summed E-state index contributed by atoms with van der Waals surface area (Å²) < 4.78 is 5.39. The third kappa shape index (κ3) is 4.96. The average molecular weight is 318 g/mol. The third-order valence-electron chi connectivity index (χ3n) is 4.17. The topological polar surface area (TPSA) is 41.6 Å². The standard InChI is InChI=1S/C19H30N2O2/c1-6-14-8-10-15(11-9-14)17(7-2)20-16-12-21(13-16)18(22)23-19(3,4)5/h8-11,16-17,20H,6-7,12-13H2,1-5H3. The van der Waals surface area contributed by atoms with Crippen LogP contribution in [0.1, 0.15) is 58.2 Å². The molecule has 1 N–H and O–H groups in total. The zero-order valence-electron chi connectivity index (χ0n) is 15.1. The van der Waals surface area contributed by atoms with Crippen LogP contribution in [-0.4, -0.2) is 35.7 Å². The zero-order valence-corrected chi connectivity index (χ0v) is 15.1. The molecule has 2 rings (SSSR count). The molecule has 1 heterocycles. The summed E-state index contributed by atoms with van der Waals surface area (Å²) in [6.07, 6.45) is 1.89. The number of amides is 1. The van der Waals surface area contributed by atoms with Crippen LogP contribution in [0.2, 0.25) is 0 Å². The Balaban J connectivity index is 1.84. The van der Waals surface area contributed by atoms with Crippen LogP contribution in [0.5, 0.6) is 0 Å². The Hall–Kier alpha value is -1.55. The molecule has 4 heteroatoms. The van der Waals surface area contributed by atoms with Crippen LogP contribution in [0.25, 0.3) is 0 Å². The smallest absolute Gasteiger partial charge is 0.410 e. The number of aryl methyl sites for hydroxylation is 1. The van der Waals surface area contributed by atoms with Gasteiger partial charge < -0.3 is 15.0 Å². The second-order valence-corrected chi connectivity index (χ2v) is 7.30. The van der Waals surface area contributed by atoms with E-state index in [4.69, 9.17) is 4.74 Å². The number of rotatable bonds is 5. The van der Waals surface area contributed by atoms with Crippen molar-refractivity contribution in [1.82, 2.24) is 10.2 Å². The normalized spacial score (nSPS) is 16.8. The third-order valence-corrected chi connectivity index (χ3v) is 4.17. The molecular weight excluding hydrogens is 288 g/mol. The highest BCUT2D eigenvalue weighted by atomic mass is 16.6. The summed E-state index contributed by atoms with van der Waals surface area (Å²) in [5.41, 5.74) is 2.26. The number of ether oxygens (including phenoxy) is 1. The number of hydrogen-bond donors (Lipinski definition) is 1. The van der Waals surface area contributed by atoms with Gasteiger partial charge in [0.2, 0.25) is 0 Å². The summed E-state index contributed by atoms with van der Waals surface area (Å²) in [5.74, 6) is 0. The van der Waals surface area contributed by atoms with Gasteiger partial charge in [0.05, 0.1) is 0 Å². The second kappa shape index (κ2) is 7.35. The first-order valence-corrected chi connectivity index (χ1v) is 8.65. The molecule has 1 fully saturated rings. The van der Waals surface area contributed by atoms with Gasteiger partial charge in [0, 0.05) is 25.2 Å². The number of nitrogens with zero attached hydrogens (tertiary/aromatic N) is 1. The molecule has 1 aliphatic heterocycles. The van der Waals surface area contributed by atoms with E-state index in [0.29, 0.717) is 12.1 Å². The molecule has 4 nitrogen and oxygen atoms in total. The Morgan fingerprint density at radius 3 is 2.35 bits per heavy atom. The maximum atomic E-state index is 12.0. The van der Waals surface area contributed by atoms with Gasteiger partial charge in [0.15, 0.2) is 0 Å². The van der Waals surface area contributed by atoms with Gasteiger partial charge in [-0.05, 0) is 44.7 Å². The molecule has 1 amide bonds. The molecule has 0 aliphatic carbocycles. The number of carbonyl (C=O) groups is 1. The molecule has 1 atom stereocenters. The van der Waals surface area contributed by atoms with Gasteiger partial charge in [-0.25, -0.2) is 4.79 Å². The van der Waals surface area contributed by atoms with E-state index in [1.165, 1.54) is 11.1 Å². The summed E-state index contributed by atoms with van der Waals surface area (Å²) >= 11 is 0. The fraction of sp³-hybridized carbons (Fsp3) is 0.632. The first-order valence-electron chi connectivity index (χ1n) is 8.65. The highest BCUT2D eigenvalue weighted by Crippen LogP contribution is 2.22. The van der Waals surface area contributed by atoms with Crippen LogP contribution < -0.4 is 5.32 Å². The zero-order chi connectivity index (χ0) is 17.0. The van der Waals surface area contributed by atoms with Gasteiger partial charge in [-0.15, -0.1) is 0 Å². The lowest BCUT2D eigenvalue weighted by atomic mass is 9.99. The minimum Gasteiger partial charge on any atom is -0.444 e. The highest BCUT2D eigenvalue weighted by molar-refractivity contribution is 5.69. The molecule has 0 radical (unpaired) electrons. The first-order chi connectivity index (χ1) is 10.8. The van der Waals surface area contributed by atoms with Crippen LogP contribution in [-0.2, 0) is 11.2 Å².